The van der Waals surface area contributed by atoms with Crippen LogP contribution in [0.2, 0.25) is 0 Å². The third-order valence-electron chi connectivity index (χ3n) is 5.91. The Balaban J connectivity index is 1.74. The molecule has 2 aromatic rings. The van der Waals surface area contributed by atoms with Crippen LogP contribution in [-0.2, 0) is 20.8 Å². The number of carbonyl (C=O) groups excluding carboxylic acids is 4. The van der Waals surface area contributed by atoms with Crippen molar-refractivity contribution in [1.29, 1.82) is 0 Å². The lowest BCUT2D eigenvalue weighted by molar-refractivity contribution is -0.141. The largest absolute Gasteiger partial charge is 0.497 e. The molecule has 34 heavy (non-hydrogen) atoms. The molecule has 1 aliphatic carbocycles. The molecular formula is C27H32N2O5. The molecule has 180 valence electrons. The number of amides is 2. The molecule has 0 spiro atoms. The first kappa shape index (κ1) is 25.1. The van der Waals surface area contributed by atoms with E-state index in [-0.39, 0.29) is 30.6 Å². The molecule has 1 saturated carbocycles. The molecule has 2 amide bonds. The van der Waals surface area contributed by atoms with Gasteiger partial charge in [0.1, 0.15) is 5.75 Å². The minimum atomic E-state index is -0.802. The fourth-order valence-electron chi connectivity index (χ4n) is 3.80. The summed E-state index contributed by atoms with van der Waals surface area (Å²) in [5.41, 5.74) is 1.24. The van der Waals surface area contributed by atoms with Crippen molar-refractivity contribution in [2.75, 3.05) is 7.11 Å². The topological polar surface area (TPSA) is 102 Å². The van der Waals surface area contributed by atoms with E-state index in [4.69, 9.17) is 4.74 Å². The third kappa shape index (κ3) is 7.01. The summed E-state index contributed by atoms with van der Waals surface area (Å²) in [4.78, 5) is 51.6. The highest BCUT2D eigenvalue weighted by atomic mass is 16.5. The SMILES string of the molecule is COc1cccc(C(=O)N[C@H](C(=O)CC(Cc2ccccc2)C(=O)C(=O)NC2CC2)C(C)C)c1. The predicted octanol–water partition coefficient (Wildman–Crippen LogP) is 3.12. The molecule has 7 heteroatoms. The zero-order valence-corrected chi connectivity index (χ0v) is 19.9. The number of Topliss-reactive ketones (excluding diaryl/α,β-unsaturated/α-hetero) is 2. The summed E-state index contributed by atoms with van der Waals surface area (Å²) < 4.78 is 5.17. The van der Waals surface area contributed by atoms with Crippen LogP contribution in [0.5, 0.6) is 5.75 Å². The second-order valence-electron chi connectivity index (χ2n) is 9.10. The number of benzene rings is 2. The highest BCUT2D eigenvalue weighted by molar-refractivity contribution is 6.37. The molecule has 2 N–H and O–H groups in total. The molecule has 1 fully saturated rings. The van der Waals surface area contributed by atoms with Gasteiger partial charge in [0, 0.05) is 23.9 Å². The van der Waals surface area contributed by atoms with E-state index in [1.165, 1.54) is 7.11 Å². The van der Waals surface area contributed by atoms with Gasteiger partial charge < -0.3 is 15.4 Å². The van der Waals surface area contributed by atoms with E-state index >= 15 is 0 Å². The van der Waals surface area contributed by atoms with Crippen molar-refractivity contribution < 1.29 is 23.9 Å². The number of methoxy groups -OCH3 is 1. The smallest absolute Gasteiger partial charge is 0.287 e. The van der Waals surface area contributed by atoms with E-state index in [2.05, 4.69) is 10.6 Å². The molecule has 3 rings (SSSR count). The maximum absolute atomic E-state index is 13.3. The fraction of sp³-hybridized carbons (Fsp3) is 0.407. The zero-order chi connectivity index (χ0) is 24.7. The highest BCUT2D eigenvalue weighted by Crippen LogP contribution is 2.21. The van der Waals surface area contributed by atoms with Crippen molar-refractivity contribution >= 4 is 23.4 Å². The third-order valence-corrected chi connectivity index (χ3v) is 5.91. The quantitative estimate of drug-likeness (QED) is 0.470. The lowest BCUT2D eigenvalue weighted by Gasteiger charge is -2.24. The van der Waals surface area contributed by atoms with Gasteiger partial charge in [-0.1, -0.05) is 50.2 Å². The number of hydrogen-bond donors (Lipinski definition) is 2. The van der Waals surface area contributed by atoms with Gasteiger partial charge in [-0.2, -0.15) is 0 Å². The normalized spacial score (nSPS) is 14.7. The van der Waals surface area contributed by atoms with Crippen LogP contribution in [0.25, 0.3) is 0 Å². The molecule has 1 unspecified atom stereocenters. The number of rotatable bonds is 12. The van der Waals surface area contributed by atoms with E-state index in [0.717, 1.165) is 18.4 Å². The van der Waals surface area contributed by atoms with E-state index in [0.29, 0.717) is 11.3 Å². The van der Waals surface area contributed by atoms with Crippen LogP contribution in [0, 0.1) is 11.8 Å². The average Bonchev–Trinajstić information content (AvgIpc) is 3.65. The lowest BCUT2D eigenvalue weighted by Crippen LogP contribution is -2.46. The minimum Gasteiger partial charge on any atom is -0.497 e. The monoisotopic (exact) mass is 464 g/mol. The molecule has 0 heterocycles. The minimum absolute atomic E-state index is 0.0510. The Morgan fingerprint density at radius 3 is 2.32 bits per heavy atom. The Kier molecular flexibility index (Phi) is 8.57. The zero-order valence-electron chi connectivity index (χ0n) is 19.9. The summed E-state index contributed by atoms with van der Waals surface area (Å²) in [7, 11) is 1.51. The number of carbonyl (C=O) groups is 4. The molecular weight excluding hydrogens is 432 g/mol. The summed E-state index contributed by atoms with van der Waals surface area (Å²) in [6.07, 6.45) is 1.88. The summed E-state index contributed by atoms with van der Waals surface area (Å²) >= 11 is 0. The van der Waals surface area contributed by atoms with E-state index < -0.39 is 29.6 Å². The molecule has 2 atom stereocenters. The molecule has 0 bridgehead atoms. The second kappa shape index (κ2) is 11.6. The van der Waals surface area contributed by atoms with Gasteiger partial charge >= 0.3 is 0 Å². The first-order valence-electron chi connectivity index (χ1n) is 11.6. The Bertz CT molecular complexity index is 1030. The number of hydrogen-bond acceptors (Lipinski definition) is 5. The van der Waals surface area contributed by atoms with Crippen molar-refractivity contribution in [3.63, 3.8) is 0 Å². The van der Waals surface area contributed by atoms with Crippen LogP contribution < -0.4 is 15.4 Å². The van der Waals surface area contributed by atoms with Crippen molar-refractivity contribution in [2.24, 2.45) is 11.8 Å². The Hall–Kier alpha value is -3.48. The Morgan fingerprint density at radius 2 is 1.71 bits per heavy atom. The van der Waals surface area contributed by atoms with E-state index in [1.807, 2.05) is 44.2 Å². The number of nitrogens with one attached hydrogen (secondary N) is 2. The van der Waals surface area contributed by atoms with Gasteiger partial charge in [-0.15, -0.1) is 0 Å². The fourth-order valence-corrected chi connectivity index (χ4v) is 3.80. The van der Waals surface area contributed by atoms with Gasteiger partial charge in [0.2, 0.25) is 5.78 Å². The molecule has 2 aromatic carbocycles. The van der Waals surface area contributed by atoms with Crippen LogP contribution in [-0.4, -0.2) is 42.6 Å². The molecule has 0 aromatic heterocycles. The Labute approximate surface area is 200 Å². The summed E-state index contributed by atoms with van der Waals surface area (Å²) in [5.74, 6) is -2.37. The van der Waals surface area contributed by atoms with Crippen molar-refractivity contribution in [1.82, 2.24) is 10.6 Å². The number of ketones is 2. The predicted molar refractivity (Wildman–Crippen MR) is 129 cm³/mol. The standard InChI is InChI=1S/C27H32N2O5/c1-17(2)24(29-26(32)19-10-7-11-22(15-19)34-3)23(30)16-20(14-18-8-5-4-6-9-18)25(31)27(33)28-21-12-13-21/h4-11,15,17,20-21,24H,12-14,16H2,1-3H3,(H,28,33)(H,29,32)/t20?,24-/m0/s1. The van der Waals surface area contributed by atoms with Crippen molar-refractivity contribution in [3.05, 3.63) is 65.7 Å². The number of ether oxygens (including phenoxy) is 1. The van der Waals surface area contributed by atoms with Gasteiger partial charge in [0.05, 0.1) is 13.2 Å². The lowest BCUT2D eigenvalue weighted by atomic mass is 9.86. The van der Waals surface area contributed by atoms with Crippen LogP contribution >= 0.6 is 0 Å². The summed E-state index contributed by atoms with van der Waals surface area (Å²) in [6, 6.07) is 15.2. The molecule has 1 aliphatic rings. The average molecular weight is 465 g/mol. The second-order valence-corrected chi connectivity index (χ2v) is 9.10. The van der Waals surface area contributed by atoms with E-state index in [1.54, 1.807) is 24.3 Å². The molecule has 0 aliphatic heterocycles. The van der Waals surface area contributed by atoms with Crippen LogP contribution in [0.15, 0.2) is 54.6 Å². The first-order chi connectivity index (χ1) is 16.3. The van der Waals surface area contributed by atoms with Gasteiger partial charge in [0.15, 0.2) is 5.78 Å². The molecule has 7 nitrogen and oxygen atoms in total. The molecule has 0 radical (unpaired) electrons. The van der Waals surface area contributed by atoms with Crippen molar-refractivity contribution in [2.45, 2.75) is 51.6 Å². The highest BCUT2D eigenvalue weighted by Gasteiger charge is 2.34. The maximum Gasteiger partial charge on any atom is 0.287 e. The van der Waals surface area contributed by atoms with Gasteiger partial charge in [-0.05, 0) is 48.9 Å². The Morgan fingerprint density at radius 1 is 1.00 bits per heavy atom. The van der Waals surface area contributed by atoms with Gasteiger partial charge in [-0.25, -0.2) is 0 Å². The van der Waals surface area contributed by atoms with E-state index in [9.17, 15) is 19.2 Å². The van der Waals surface area contributed by atoms with Crippen molar-refractivity contribution in [3.8, 4) is 5.75 Å². The molecule has 0 saturated heterocycles. The van der Waals surface area contributed by atoms with Gasteiger partial charge in [0.25, 0.3) is 11.8 Å². The maximum atomic E-state index is 13.3. The summed E-state index contributed by atoms with van der Waals surface area (Å²) in [6.45, 7) is 3.67. The van der Waals surface area contributed by atoms with Crippen LogP contribution in [0.4, 0.5) is 0 Å². The van der Waals surface area contributed by atoms with Gasteiger partial charge in [-0.3, -0.25) is 19.2 Å². The summed E-state index contributed by atoms with van der Waals surface area (Å²) in [5, 5.41) is 5.54. The van der Waals surface area contributed by atoms with Crippen LogP contribution in [0.1, 0.15) is 49.0 Å². The first-order valence-corrected chi connectivity index (χ1v) is 11.6. The van der Waals surface area contributed by atoms with Crippen LogP contribution in [0.3, 0.4) is 0 Å².